The largest absolute Gasteiger partial charge is 0.350 e. The van der Waals surface area contributed by atoms with Gasteiger partial charge in [0.05, 0.1) is 5.75 Å². The van der Waals surface area contributed by atoms with Crippen LogP contribution in [0.1, 0.15) is 57.4 Å². The van der Waals surface area contributed by atoms with Gasteiger partial charge in [-0.15, -0.1) is 0 Å². The van der Waals surface area contributed by atoms with Crippen LogP contribution in [0.4, 0.5) is 0 Å². The fourth-order valence-corrected chi connectivity index (χ4v) is 6.59. The van der Waals surface area contributed by atoms with E-state index in [2.05, 4.69) is 21.1 Å². The molecule has 4 bridgehead atoms. The number of carbonyl (C=O) groups is 1. The Morgan fingerprint density at radius 2 is 1.87 bits per heavy atom. The average molecular weight is 331 g/mol. The third-order valence-electron chi connectivity index (χ3n) is 6.35. The van der Waals surface area contributed by atoms with Crippen LogP contribution in [0.25, 0.3) is 0 Å². The number of nitrogens with one attached hydrogen (secondary N) is 1. The van der Waals surface area contributed by atoms with Gasteiger partial charge in [0.2, 0.25) is 5.91 Å². The summed E-state index contributed by atoms with van der Waals surface area (Å²) in [7, 11) is 0. The predicted molar refractivity (Wildman–Crippen MR) is 90.3 cm³/mol. The molecule has 0 radical (unpaired) electrons. The molecule has 5 fully saturated rings. The highest BCUT2D eigenvalue weighted by Crippen LogP contribution is 2.55. The number of rotatable bonds is 5. The summed E-state index contributed by atoms with van der Waals surface area (Å²) in [4.78, 5) is 17.0. The number of aromatic nitrogens is 2. The van der Waals surface area contributed by atoms with Gasteiger partial charge in [0.1, 0.15) is 0 Å². The summed E-state index contributed by atoms with van der Waals surface area (Å²) in [5.74, 6) is 3.35. The highest BCUT2D eigenvalue weighted by molar-refractivity contribution is 7.99. The minimum absolute atomic E-state index is 0.137. The standard InChI is InChI=1S/C18H25N3OS/c22-16(11-23-17-19-3-4-21(17)15-1-2-15)20-18-8-12-5-13(9-18)7-14(6-12)10-18/h3-4,12-15H,1-2,5-11H2,(H,20,22). The number of amides is 1. The normalized spacial score (nSPS) is 38.0. The van der Waals surface area contributed by atoms with Crippen molar-refractivity contribution in [2.75, 3.05) is 5.75 Å². The summed E-state index contributed by atoms with van der Waals surface area (Å²) >= 11 is 1.60. The van der Waals surface area contributed by atoms with Crippen molar-refractivity contribution in [3.05, 3.63) is 12.4 Å². The second-order valence-corrected chi connectivity index (χ2v) is 9.33. The maximum Gasteiger partial charge on any atom is 0.230 e. The highest BCUT2D eigenvalue weighted by Gasteiger charge is 2.51. The monoisotopic (exact) mass is 331 g/mol. The maximum absolute atomic E-state index is 12.6. The molecule has 5 aliphatic carbocycles. The molecule has 1 aromatic rings. The van der Waals surface area contributed by atoms with Crippen LogP contribution in [0, 0.1) is 17.8 Å². The van der Waals surface area contributed by atoms with E-state index in [-0.39, 0.29) is 11.4 Å². The highest BCUT2D eigenvalue weighted by atomic mass is 32.2. The molecule has 0 spiro atoms. The molecule has 4 nitrogen and oxygen atoms in total. The molecule has 0 saturated heterocycles. The predicted octanol–water partition coefficient (Wildman–Crippen LogP) is 3.40. The van der Waals surface area contributed by atoms with Crippen molar-refractivity contribution < 1.29 is 4.79 Å². The van der Waals surface area contributed by atoms with E-state index in [0.717, 1.165) is 22.9 Å². The van der Waals surface area contributed by atoms with E-state index in [9.17, 15) is 4.79 Å². The van der Waals surface area contributed by atoms with E-state index in [1.165, 1.54) is 51.4 Å². The number of thioether (sulfide) groups is 1. The molecule has 0 aromatic carbocycles. The van der Waals surface area contributed by atoms with Gasteiger partial charge in [0.25, 0.3) is 0 Å². The summed E-state index contributed by atoms with van der Waals surface area (Å²) in [6.07, 6.45) is 14.4. The van der Waals surface area contributed by atoms with Crippen molar-refractivity contribution in [1.29, 1.82) is 0 Å². The summed E-state index contributed by atoms with van der Waals surface area (Å²) < 4.78 is 2.24. The Kier molecular flexibility index (Phi) is 3.29. The Balaban J connectivity index is 1.21. The Morgan fingerprint density at radius 1 is 1.22 bits per heavy atom. The zero-order valence-corrected chi connectivity index (χ0v) is 14.4. The smallest absolute Gasteiger partial charge is 0.230 e. The Bertz CT molecular complexity index is 586. The Morgan fingerprint density at radius 3 is 2.48 bits per heavy atom. The quantitative estimate of drug-likeness (QED) is 0.841. The van der Waals surface area contributed by atoms with Gasteiger partial charge in [-0.05, 0) is 69.1 Å². The van der Waals surface area contributed by atoms with E-state index in [1.807, 2.05) is 6.20 Å². The molecule has 5 heteroatoms. The van der Waals surface area contributed by atoms with E-state index in [4.69, 9.17) is 0 Å². The van der Waals surface area contributed by atoms with Crippen LogP contribution >= 0.6 is 11.8 Å². The van der Waals surface area contributed by atoms with Gasteiger partial charge in [0.15, 0.2) is 5.16 Å². The minimum atomic E-state index is 0.137. The first-order valence-corrected chi connectivity index (χ1v) is 10.1. The fourth-order valence-electron chi connectivity index (χ4n) is 5.77. The number of imidazole rings is 1. The van der Waals surface area contributed by atoms with Crippen LogP contribution < -0.4 is 5.32 Å². The molecule has 23 heavy (non-hydrogen) atoms. The summed E-state index contributed by atoms with van der Waals surface area (Å²) in [6, 6.07) is 0.631. The van der Waals surface area contributed by atoms with Crippen LogP contribution in [-0.4, -0.2) is 26.8 Å². The number of nitrogens with zero attached hydrogens (tertiary/aromatic N) is 2. The second-order valence-electron chi connectivity index (χ2n) is 8.38. The van der Waals surface area contributed by atoms with Gasteiger partial charge in [0, 0.05) is 24.0 Å². The molecule has 1 heterocycles. The number of hydrogen-bond donors (Lipinski definition) is 1. The molecule has 1 N–H and O–H groups in total. The summed E-state index contributed by atoms with van der Waals surface area (Å²) in [5.41, 5.74) is 0.137. The molecule has 0 aliphatic heterocycles. The molecule has 5 aliphatic rings. The topological polar surface area (TPSA) is 46.9 Å². The van der Waals surface area contributed by atoms with Gasteiger partial charge >= 0.3 is 0 Å². The first-order valence-electron chi connectivity index (χ1n) is 9.16. The van der Waals surface area contributed by atoms with Crippen LogP contribution in [-0.2, 0) is 4.79 Å². The molecule has 0 atom stereocenters. The lowest BCUT2D eigenvalue weighted by Gasteiger charge is -2.56. The van der Waals surface area contributed by atoms with E-state index in [0.29, 0.717) is 11.8 Å². The van der Waals surface area contributed by atoms with Crippen molar-refractivity contribution in [2.24, 2.45) is 17.8 Å². The molecule has 5 saturated carbocycles. The molecule has 1 amide bonds. The van der Waals surface area contributed by atoms with Crippen LogP contribution in [0.5, 0.6) is 0 Å². The first-order chi connectivity index (χ1) is 11.2. The second kappa shape index (κ2) is 5.27. The van der Waals surface area contributed by atoms with Crippen molar-refractivity contribution in [2.45, 2.75) is 68.1 Å². The molecule has 124 valence electrons. The molecule has 6 rings (SSSR count). The minimum Gasteiger partial charge on any atom is -0.350 e. The van der Waals surface area contributed by atoms with Gasteiger partial charge in [-0.2, -0.15) is 0 Å². The van der Waals surface area contributed by atoms with Gasteiger partial charge in [-0.1, -0.05) is 11.8 Å². The molecular formula is C18H25N3OS. The van der Waals surface area contributed by atoms with Crippen LogP contribution in [0.3, 0.4) is 0 Å². The third kappa shape index (κ3) is 2.71. The van der Waals surface area contributed by atoms with E-state index in [1.54, 1.807) is 11.8 Å². The average Bonchev–Trinajstić information content (AvgIpc) is 3.22. The van der Waals surface area contributed by atoms with Crippen molar-refractivity contribution in [1.82, 2.24) is 14.9 Å². The first kappa shape index (κ1) is 14.4. The maximum atomic E-state index is 12.6. The van der Waals surface area contributed by atoms with Crippen LogP contribution in [0.2, 0.25) is 0 Å². The molecule has 0 unspecified atom stereocenters. The Hall–Kier alpha value is -0.970. The summed E-state index contributed by atoms with van der Waals surface area (Å²) in [5, 5.41) is 4.46. The lowest BCUT2D eigenvalue weighted by molar-refractivity contribution is -0.124. The zero-order chi connectivity index (χ0) is 15.4. The summed E-state index contributed by atoms with van der Waals surface area (Å²) in [6.45, 7) is 0. The fraction of sp³-hybridized carbons (Fsp3) is 0.778. The van der Waals surface area contributed by atoms with Crippen molar-refractivity contribution in [3.8, 4) is 0 Å². The molecular weight excluding hydrogens is 306 g/mol. The zero-order valence-electron chi connectivity index (χ0n) is 13.5. The SMILES string of the molecule is O=C(CSc1nccn1C1CC1)NC12CC3CC(CC(C3)C1)C2. The van der Waals surface area contributed by atoms with Gasteiger partial charge in [-0.3, -0.25) is 4.79 Å². The van der Waals surface area contributed by atoms with Crippen LogP contribution in [0.15, 0.2) is 17.6 Å². The van der Waals surface area contributed by atoms with Crippen molar-refractivity contribution in [3.63, 3.8) is 0 Å². The lowest BCUT2D eigenvalue weighted by atomic mass is 9.53. The van der Waals surface area contributed by atoms with E-state index >= 15 is 0 Å². The number of carbonyl (C=O) groups excluding carboxylic acids is 1. The Labute approximate surface area is 141 Å². The van der Waals surface area contributed by atoms with E-state index < -0.39 is 0 Å². The number of hydrogen-bond acceptors (Lipinski definition) is 3. The third-order valence-corrected chi connectivity index (χ3v) is 7.33. The van der Waals surface area contributed by atoms with Crippen molar-refractivity contribution >= 4 is 17.7 Å². The van der Waals surface area contributed by atoms with Gasteiger partial charge in [-0.25, -0.2) is 4.98 Å². The lowest BCUT2D eigenvalue weighted by Crippen LogP contribution is -2.60. The molecule has 1 aromatic heterocycles. The van der Waals surface area contributed by atoms with Gasteiger partial charge < -0.3 is 9.88 Å².